The molecule has 0 aliphatic heterocycles. The van der Waals surface area contributed by atoms with Gasteiger partial charge in [-0.2, -0.15) is 13.2 Å². The van der Waals surface area contributed by atoms with Crippen LogP contribution in [0.4, 0.5) is 13.2 Å². The summed E-state index contributed by atoms with van der Waals surface area (Å²) in [7, 11) is 1.61. The van der Waals surface area contributed by atoms with Gasteiger partial charge in [0, 0.05) is 32.1 Å². The molecule has 1 N–H and O–H groups in total. The molecule has 0 saturated carbocycles. The van der Waals surface area contributed by atoms with Crippen molar-refractivity contribution < 1.29 is 22.7 Å². The first kappa shape index (κ1) is 17.5. The normalized spacial score (nSPS) is 15.7. The number of halogens is 3. The highest BCUT2D eigenvalue weighted by molar-refractivity contribution is 5.94. The zero-order chi connectivity index (χ0) is 18.1. The van der Waals surface area contributed by atoms with E-state index >= 15 is 0 Å². The van der Waals surface area contributed by atoms with Crippen molar-refractivity contribution in [2.45, 2.75) is 24.6 Å². The first-order valence-corrected chi connectivity index (χ1v) is 7.90. The fourth-order valence-electron chi connectivity index (χ4n) is 3.15. The minimum Gasteiger partial charge on any atom is -0.376 e. The number of hydrogen-bond acceptors (Lipinski definition) is 2. The number of fused-ring (bicyclic) bond motifs is 1. The average Bonchev–Trinajstić information content (AvgIpc) is 2.98. The summed E-state index contributed by atoms with van der Waals surface area (Å²) in [6.45, 7) is 0.290. The van der Waals surface area contributed by atoms with Crippen LogP contribution in [0, 0.1) is 0 Å². The lowest BCUT2D eigenvalue weighted by molar-refractivity contribution is -0.137. The largest absolute Gasteiger partial charge is 0.416 e. The van der Waals surface area contributed by atoms with Gasteiger partial charge in [-0.25, -0.2) is 0 Å². The topological polar surface area (TPSA) is 38.3 Å². The lowest BCUT2D eigenvalue weighted by Crippen LogP contribution is -2.45. The average molecular weight is 349 g/mol. The number of methoxy groups -OCH3 is 1. The molecule has 0 atom stereocenters. The molecule has 0 bridgehead atoms. The quantitative estimate of drug-likeness (QED) is 0.916. The number of ether oxygens (including phenoxy) is 1. The van der Waals surface area contributed by atoms with Gasteiger partial charge in [0.15, 0.2) is 0 Å². The molecule has 6 heteroatoms. The van der Waals surface area contributed by atoms with Crippen molar-refractivity contribution in [3.8, 4) is 0 Å². The van der Waals surface area contributed by atoms with E-state index in [1.165, 1.54) is 23.3 Å². The van der Waals surface area contributed by atoms with Crippen molar-refractivity contribution in [3.05, 3.63) is 70.8 Å². The Bertz CT molecular complexity index is 744. The molecule has 2 aromatic rings. The van der Waals surface area contributed by atoms with Crippen LogP contribution >= 0.6 is 0 Å². The Morgan fingerprint density at radius 2 is 1.64 bits per heavy atom. The third-order valence-corrected chi connectivity index (χ3v) is 4.62. The first-order valence-electron chi connectivity index (χ1n) is 7.90. The number of nitrogens with one attached hydrogen (secondary N) is 1. The minimum atomic E-state index is -4.41. The third-order valence-electron chi connectivity index (χ3n) is 4.62. The Labute approximate surface area is 143 Å². The molecule has 1 aliphatic rings. The molecule has 0 fully saturated rings. The predicted molar refractivity (Wildman–Crippen MR) is 87.4 cm³/mol. The standard InChI is InChI=1S/C19H18F3NO2/c1-25-18(10-14-4-2-3-5-15(14)11-18)12-23-17(24)13-6-8-16(9-7-13)19(20,21)22/h2-9H,10-12H2,1H3,(H,23,24). The highest BCUT2D eigenvalue weighted by Gasteiger charge is 2.37. The molecule has 0 heterocycles. The van der Waals surface area contributed by atoms with E-state index in [-0.39, 0.29) is 12.1 Å². The summed E-state index contributed by atoms with van der Waals surface area (Å²) in [5, 5.41) is 2.78. The number of carbonyl (C=O) groups is 1. The lowest BCUT2D eigenvalue weighted by Gasteiger charge is -2.27. The van der Waals surface area contributed by atoms with Crippen molar-refractivity contribution in [2.24, 2.45) is 0 Å². The Kier molecular flexibility index (Phi) is 4.56. The predicted octanol–water partition coefficient (Wildman–Crippen LogP) is 3.62. The van der Waals surface area contributed by atoms with Crippen LogP contribution in [0.3, 0.4) is 0 Å². The van der Waals surface area contributed by atoms with E-state index in [1.54, 1.807) is 7.11 Å². The fraction of sp³-hybridized carbons (Fsp3) is 0.316. The van der Waals surface area contributed by atoms with Gasteiger partial charge >= 0.3 is 6.18 Å². The molecule has 0 spiro atoms. The molecule has 3 rings (SSSR count). The van der Waals surface area contributed by atoms with Gasteiger partial charge in [-0.15, -0.1) is 0 Å². The second kappa shape index (κ2) is 6.52. The highest BCUT2D eigenvalue weighted by Crippen LogP contribution is 2.32. The smallest absolute Gasteiger partial charge is 0.376 e. The monoisotopic (exact) mass is 349 g/mol. The van der Waals surface area contributed by atoms with Crippen LogP contribution in [-0.4, -0.2) is 25.2 Å². The number of carbonyl (C=O) groups excluding carboxylic acids is 1. The lowest BCUT2D eigenvalue weighted by atomic mass is 10.00. The molecular formula is C19H18F3NO2. The van der Waals surface area contributed by atoms with Crippen molar-refractivity contribution in [1.82, 2.24) is 5.32 Å². The zero-order valence-corrected chi connectivity index (χ0v) is 13.7. The van der Waals surface area contributed by atoms with Crippen LogP contribution in [0.5, 0.6) is 0 Å². The van der Waals surface area contributed by atoms with Gasteiger partial charge in [-0.1, -0.05) is 24.3 Å². The number of hydrogen-bond donors (Lipinski definition) is 1. The summed E-state index contributed by atoms with van der Waals surface area (Å²) in [6, 6.07) is 12.2. The molecule has 1 amide bonds. The van der Waals surface area contributed by atoms with Crippen molar-refractivity contribution >= 4 is 5.91 Å². The summed E-state index contributed by atoms with van der Waals surface area (Å²) >= 11 is 0. The number of amides is 1. The van der Waals surface area contributed by atoms with Crippen LogP contribution in [0.2, 0.25) is 0 Å². The van der Waals surface area contributed by atoms with Crippen LogP contribution < -0.4 is 5.32 Å². The first-order chi connectivity index (χ1) is 11.8. The second-order valence-electron chi connectivity index (χ2n) is 6.27. The maximum atomic E-state index is 12.6. The number of benzene rings is 2. The number of alkyl halides is 3. The second-order valence-corrected chi connectivity index (χ2v) is 6.27. The Hall–Kier alpha value is -2.34. The van der Waals surface area contributed by atoms with Crippen LogP contribution in [0.15, 0.2) is 48.5 Å². The molecular weight excluding hydrogens is 331 g/mol. The zero-order valence-electron chi connectivity index (χ0n) is 13.7. The summed E-state index contributed by atoms with van der Waals surface area (Å²) in [4.78, 5) is 12.2. The van der Waals surface area contributed by atoms with E-state index in [9.17, 15) is 18.0 Å². The fourth-order valence-corrected chi connectivity index (χ4v) is 3.15. The third kappa shape index (κ3) is 3.69. The molecule has 1 aliphatic carbocycles. The molecule has 3 nitrogen and oxygen atoms in total. The van der Waals surface area contributed by atoms with Crippen molar-refractivity contribution in [2.75, 3.05) is 13.7 Å². The van der Waals surface area contributed by atoms with Gasteiger partial charge in [-0.05, 0) is 35.4 Å². The van der Waals surface area contributed by atoms with Gasteiger partial charge in [-0.3, -0.25) is 4.79 Å². The van der Waals surface area contributed by atoms with Gasteiger partial charge in [0.25, 0.3) is 5.91 Å². The molecule has 0 saturated heterocycles. The maximum absolute atomic E-state index is 12.6. The van der Waals surface area contributed by atoms with Crippen molar-refractivity contribution in [1.29, 1.82) is 0 Å². The highest BCUT2D eigenvalue weighted by atomic mass is 19.4. The van der Waals surface area contributed by atoms with Crippen LogP contribution in [0.25, 0.3) is 0 Å². The molecule has 0 unspecified atom stereocenters. The van der Waals surface area contributed by atoms with Crippen LogP contribution in [0.1, 0.15) is 27.0 Å². The van der Waals surface area contributed by atoms with Gasteiger partial charge in [0.1, 0.15) is 0 Å². The van der Waals surface area contributed by atoms with E-state index in [0.29, 0.717) is 12.8 Å². The van der Waals surface area contributed by atoms with E-state index in [1.807, 2.05) is 24.3 Å². The van der Waals surface area contributed by atoms with Gasteiger partial charge in [0.05, 0.1) is 11.2 Å². The Morgan fingerprint density at radius 1 is 1.08 bits per heavy atom. The Balaban J connectivity index is 1.66. The molecule has 132 valence electrons. The maximum Gasteiger partial charge on any atom is 0.416 e. The minimum absolute atomic E-state index is 0.190. The van der Waals surface area contributed by atoms with Gasteiger partial charge < -0.3 is 10.1 Å². The summed E-state index contributed by atoms with van der Waals surface area (Å²) < 4.78 is 43.4. The van der Waals surface area contributed by atoms with E-state index in [4.69, 9.17) is 4.74 Å². The molecule has 0 radical (unpaired) electrons. The van der Waals surface area contributed by atoms with Gasteiger partial charge in [0.2, 0.25) is 0 Å². The number of rotatable bonds is 4. The van der Waals surface area contributed by atoms with Crippen LogP contribution in [-0.2, 0) is 23.8 Å². The van der Waals surface area contributed by atoms with Crippen molar-refractivity contribution in [3.63, 3.8) is 0 Å². The van der Waals surface area contributed by atoms with E-state index in [0.717, 1.165) is 12.1 Å². The van der Waals surface area contributed by atoms with E-state index < -0.39 is 23.2 Å². The summed E-state index contributed by atoms with van der Waals surface area (Å²) in [5.41, 5.74) is 1.27. The Morgan fingerprint density at radius 3 is 2.12 bits per heavy atom. The molecule has 2 aromatic carbocycles. The molecule has 0 aromatic heterocycles. The summed E-state index contributed by atoms with van der Waals surface area (Å²) in [5.74, 6) is -0.416. The van der Waals surface area contributed by atoms with E-state index in [2.05, 4.69) is 5.32 Å². The molecule has 25 heavy (non-hydrogen) atoms. The summed E-state index contributed by atoms with van der Waals surface area (Å²) in [6.07, 6.45) is -3.04. The SMILES string of the molecule is COC1(CNC(=O)c2ccc(C(F)(F)F)cc2)Cc2ccccc2C1.